The van der Waals surface area contributed by atoms with Crippen molar-refractivity contribution >= 4 is 28.7 Å². The van der Waals surface area contributed by atoms with Crippen molar-refractivity contribution in [1.82, 2.24) is 30.2 Å². The van der Waals surface area contributed by atoms with Crippen molar-refractivity contribution in [2.45, 2.75) is 76.5 Å². The smallest absolute Gasteiger partial charge is 0.319 e. The molecule has 0 spiro atoms. The number of hydrogen-bond donors (Lipinski definition) is 6. The number of carbonyl (C=O) groups is 1. The van der Waals surface area contributed by atoms with Crippen LogP contribution in [0.3, 0.4) is 0 Å². The molecule has 0 radical (unpaired) electrons. The van der Waals surface area contributed by atoms with Gasteiger partial charge >= 0.3 is 6.03 Å². The number of anilines is 2. The number of nitrogens with zero attached hydrogens (tertiary/aromatic N) is 4. The van der Waals surface area contributed by atoms with Crippen LogP contribution in [-0.2, 0) is 17.7 Å². The zero-order valence-corrected chi connectivity index (χ0v) is 25.7. The molecule has 1 saturated heterocycles. The lowest BCUT2D eigenvalue weighted by Gasteiger charge is -2.23. The lowest BCUT2D eigenvalue weighted by molar-refractivity contribution is -0.0416. The molecule has 1 fully saturated rings. The number of aromatic nitrogens is 4. The average Bonchev–Trinajstić information content (AvgIpc) is 3.60. The minimum Gasteiger partial charge on any atom is -0.388 e. The molecule has 0 bridgehead atoms. The number of aliphatic hydroxyl groups is 2. The molecule has 12 heteroatoms. The van der Waals surface area contributed by atoms with Crippen molar-refractivity contribution in [1.29, 1.82) is 0 Å². The molecule has 240 valence electrons. The van der Waals surface area contributed by atoms with E-state index < -0.39 is 24.5 Å². The third kappa shape index (κ3) is 8.54. The summed E-state index contributed by atoms with van der Waals surface area (Å²) in [6.07, 6.45) is 4.44. The second-order valence-electron chi connectivity index (χ2n) is 11.7. The summed E-state index contributed by atoms with van der Waals surface area (Å²) in [5, 5.41) is 31.3. The number of nitrogen functional groups attached to an aromatic ring is 1. The Morgan fingerprint density at radius 3 is 2.60 bits per heavy atom. The number of rotatable bonds is 15. The molecule has 2 aromatic heterocycles. The quantitative estimate of drug-likeness (QED) is 0.109. The normalized spacial score (nSPS) is 20.3. The van der Waals surface area contributed by atoms with Crippen LogP contribution in [0.5, 0.6) is 0 Å². The largest absolute Gasteiger partial charge is 0.388 e. The summed E-state index contributed by atoms with van der Waals surface area (Å²) in [6.45, 7) is 4.05. The fraction of sp³-hybridized carbons (Fsp3) is 0.455. The van der Waals surface area contributed by atoms with Crippen molar-refractivity contribution in [3.63, 3.8) is 0 Å². The Balaban J connectivity index is 1.15. The molecule has 12 nitrogen and oxygen atoms in total. The van der Waals surface area contributed by atoms with Gasteiger partial charge in [0.15, 0.2) is 17.7 Å². The number of aryl methyl sites for hydroxylation is 1. The molecule has 2 aromatic carbocycles. The van der Waals surface area contributed by atoms with Gasteiger partial charge in [0.2, 0.25) is 0 Å². The highest BCUT2D eigenvalue weighted by Gasteiger charge is 2.44. The van der Waals surface area contributed by atoms with Gasteiger partial charge in [-0.2, -0.15) is 0 Å². The van der Waals surface area contributed by atoms with Gasteiger partial charge in [-0.15, -0.1) is 0 Å². The van der Waals surface area contributed by atoms with Gasteiger partial charge in [0.1, 0.15) is 24.1 Å². The minimum absolute atomic E-state index is 0.109. The summed E-state index contributed by atoms with van der Waals surface area (Å²) in [7, 11) is 0. The molecular weight excluding hydrogens is 572 g/mol. The van der Waals surface area contributed by atoms with E-state index in [1.165, 1.54) is 23.8 Å². The van der Waals surface area contributed by atoms with Crippen LogP contribution in [0.1, 0.15) is 56.4 Å². The van der Waals surface area contributed by atoms with E-state index in [2.05, 4.69) is 62.1 Å². The van der Waals surface area contributed by atoms with Crippen LogP contribution in [0, 0.1) is 5.92 Å². The molecular formula is C33H44N8O4. The lowest BCUT2D eigenvalue weighted by atomic mass is 9.93. The molecule has 0 saturated carbocycles. The van der Waals surface area contributed by atoms with Crippen molar-refractivity contribution in [2.24, 2.45) is 5.92 Å². The lowest BCUT2D eigenvalue weighted by Crippen LogP contribution is -2.35. The van der Waals surface area contributed by atoms with Crippen molar-refractivity contribution in [3.8, 4) is 0 Å². The molecule has 4 aromatic rings. The first-order valence-corrected chi connectivity index (χ1v) is 15.8. The predicted molar refractivity (Wildman–Crippen MR) is 173 cm³/mol. The van der Waals surface area contributed by atoms with Gasteiger partial charge in [0.05, 0.1) is 12.4 Å². The summed E-state index contributed by atoms with van der Waals surface area (Å²) < 4.78 is 7.82. The van der Waals surface area contributed by atoms with Gasteiger partial charge in [0.25, 0.3) is 0 Å². The van der Waals surface area contributed by atoms with E-state index in [1.54, 1.807) is 4.57 Å². The Morgan fingerprint density at radius 2 is 1.82 bits per heavy atom. The predicted octanol–water partition coefficient (Wildman–Crippen LogP) is 3.77. The van der Waals surface area contributed by atoms with Crippen LogP contribution in [0.2, 0.25) is 0 Å². The summed E-state index contributed by atoms with van der Waals surface area (Å²) in [5.41, 5.74) is 9.97. The number of urea groups is 1. The number of amides is 2. The number of benzene rings is 2. The average molecular weight is 617 g/mol. The highest BCUT2D eigenvalue weighted by Crippen LogP contribution is 2.35. The third-order valence-electron chi connectivity index (χ3n) is 8.27. The zero-order chi connectivity index (χ0) is 31.6. The first kappa shape index (κ1) is 32.3. The van der Waals surface area contributed by atoms with Crippen LogP contribution in [0.15, 0.2) is 67.3 Å². The fourth-order valence-corrected chi connectivity index (χ4v) is 5.76. The number of imidazole rings is 1. The number of unbranched alkanes of at least 4 members (excludes halogenated alkanes) is 1. The maximum absolute atomic E-state index is 12.5. The van der Waals surface area contributed by atoms with Crippen LogP contribution in [0.25, 0.3) is 11.2 Å². The van der Waals surface area contributed by atoms with Gasteiger partial charge < -0.3 is 36.6 Å². The molecule has 1 aliphatic rings. The highest BCUT2D eigenvalue weighted by atomic mass is 16.6. The molecule has 7 N–H and O–H groups in total. The van der Waals surface area contributed by atoms with Gasteiger partial charge in [-0.25, -0.2) is 19.7 Å². The Kier molecular flexibility index (Phi) is 11.3. The second-order valence-corrected chi connectivity index (χ2v) is 11.7. The molecule has 1 aliphatic heterocycles. The highest BCUT2D eigenvalue weighted by molar-refractivity contribution is 5.89. The van der Waals surface area contributed by atoms with E-state index in [0.717, 1.165) is 37.8 Å². The van der Waals surface area contributed by atoms with E-state index in [0.29, 0.717) is 37.2 Å². The monoisotopic (exact) mass is 616 g/mol. The molecule has 1 unspecified atom stereocenters. The standard InChI is InChI=1S/C33H44N8O4/c1-2-3-8-22-12-14-25(15-13-22)40-33(44)36-16-7-11-24(19-35-18-23-9-5-4-6-10-23)17-26-28(42)29(43)32(45-26)41-21-39-27-30(34)37-20-38-31(27)41/h4-6,9-10,12-15,20-21,24,26,28-29,32,35,42-43H,2-3,7-8,11,16-19H2,1H3,(H2,34,37,38)(H2,36,40,44)/t24-,26+,28?,29-,32+/m0/s1. The first-order valence-electron chi connectivity index (χ1n) is 15.8. The van der Waals surface area contributed by atoms with Gasteiger partial charge in [0, 0.05) is 18.8 Å². The minimum atomic E-state index is -1.17. The van der Waals surface area contributed by atoms with Crippen LogP contribution in [0.4, 0.5) is 16.3 Å². The number of fused-ring (bicyclic) bond motifs is 1. The van der Waals surface area contributed by atoms with E-state index >= 15 is 0 Å². The van der Waals surface area contributed by atoms with Gasteiger partial charge in [-0.3, -0.25) is 4.57 Å². The van der Waals surface area contributed by atoms with Gasteiger partial charge in [-0.05, 0) is 67.8 Å². The fourth-order valence-electron chi connectivity index (χ4n) is 5.76. The van der Waals surface area contributed by atoms with Crippen molar-refractivity contribution in [2.75, 3.05) is 24.1 Å². The molecule has 5 atom stereocenters. The summed E-state index contributed by atoms with van der Waals surface area (Å²) in [5.74, 6) is 0.341. The van der Waals surface area contributed by atoms with Crippen LogP contribution < -0.4 is 21.7 Å². The number of nitrogens with two attached hydrogens (primary N) is 1. The summed E-state index contributed by atoms with van der Waals surface area (Å²) in [6, 6.07) is 17.9. The number of nitrogens with one attached hydrogen (secondary N) is 3. The maximum atomic E-state index is 12.5. The Bertz CT molecular complexity index is 1500. The van der Waals surface area contributed by atoms with Crippen LogP contribution >= 0.6 is 0 Å². The second kappa shape index (κ2) is 15.8. The number of aliphatic hydroxyl groups excluding tert-OH is 2. The third-order valence-corrected chi connectivity index (χ3v) is 8.27. The Hall–Kier alpha value is -4.10. The van der Waals surface area contributed by atoms with Crippen molar-refractivity contribution in [3.05, 3.63) is 78.4 Å². The van der Waals surface area contributed by atoms with E-state index in [4.69, 9.17) is 10.5 Å². The number of ether oxygens (including phenoxy) is 1. The summed E-state index contributed by atoms with van der Waals surface area (Å²) >= 11 is 0. The maximum Gasteiger partial charge on any atom is 0.319 e. The Labute approximate surface area is 263 Å². The Morgan fingerprint density at radius 1 is 1.02 bits per heavy atom. The van der Waals surface area contributed by atoms with E-state index in [1.807, 2.05) is 30.3 Å². The topological polar surface area (TPSA) is 172 Å². The summed E-state index contributed by atoms with van der Waals surface area (Å²) in [4.78, 5) is 25.0. The van der Waals surface area contributed by atoms with E-state index in [9.17, 15) is 15.0 Å². The molecule has 3 heterocycles. The number of carbonyl (C=O) groups excluding carboxylic acids is 1. The van der Waals surface area contributed by atoms with E-state index in [-0.39, 0.29) is 17.8 Å². The zero-order valence-electron chi connectivity index (χ0n) is 25.7. The number of hydrogen-bond acceptors (Lipinski definition) is 9. The molecule has 5 rings (SSSR count). The SMILES string of the molecule is CCCCc1ccc(NC(=O)NCCC[C@H](CNCc2ccccc2)C[C@H]2O[C@@H](n3cnc4c(N)ncnc43)[C@@H](O)C2O)cc1. The molecule has 45 heavy (non-hydrogen) atoms. The molecule has 0 aliphatic carbocycles. The first-order chi connectivity index (χ1) is 21.9. The van der Waals surface area contributed by atoms with Gasteiger partial charge in [-0.1, -0.05) is 55.8 Å². The molecule has 2 amide bonds. The van der Waals surface area contributed by atoms with Crippen molar-refractivity contribution < 1.29 is 19.7 Å². The van der Waals surface area contributed by atoms with Crippen LogP contribution in [-0.4, -0.2) is 67.2 Å².